The second kappa shape index (κ2) is 3.55. The molecule has 0 fully saturated rings. The molecule has 0 spiro atoms. The lowest BCUT2D eigenvalue weighted by Gasteiger charge is -1.96. The number of rotatable bonds is 2. The molecule has 3 nitrogen and oxygen atoms in total. The van der Waals surface area contributed by atoms with Crippen LogP contribution in [-0.2, 0) is 0 Å². The van der Waals surface area contributed by atoms with Crippen LogP contribution >= 0.6 is 11.3 Å². The van der Waals surface area contributed by atoms with Gasteiger partial charge < -0.3 is 10.2 Å². The van der Waals surface area contributed by atoms with Crippen molar-refractivity contribution in [2.45, 2.75) is 19.9 Å². The van der Waals surface area contributed by atoms with E-state index in [0.717, 1.165) is 22.2 Å². The first-order valence-electron chi connectivity index (χ1n) is 4.44. The van der Waals surface area contributed by atoms with Crippen molar-refractivity contribution in [1.82, 2.24) is 4.98 Å². The fourth-order valence-corrected chi connectivity index (χ4v) is 2.04. The summed E-state index contributed by atoms with van der Waals surface area (Å²) < 4.78 is 5.47. The molecule has 0 aromatic carbocycles. The van der Waals surface area contributed by atoms with Crippen LogP contribution in [0.5, 0.6) is 0 Å². The number of nitrogens with zero attached hydrogens (tertiary/aromatic N) is 1. The summed E-state index contributed by atoms with van der Waals surface area (Å²) in [7, 11) is 0. The second-order valence-corrected chi connectivity index (χ2v) is 4.13. The summed E-state index contributed by atoms with van der Waals surface area (Å²) in [5.41, 5.74) is 6.64. The maximum absolute atomic E-state index is 5.72. The zero-order valence-electron chi connectivity index (χ0n) is 8.15. The van der Waals surface area contributed by atoms with Gasteiger partial charge in [-0.2, -0.15) is 0 Å². The Bertz CT molecular complexity index is 431. The molecule has 0 bridgehead atoms. The average molecular weight is 208 g/mol. The first-order valence-corrected chi connectivity index (χ1v) is 5.32. The van der Waals surface area contributed by atoms with E-state index in [2.05, 4.69) is 4.98 Å². The predicted molar refractivity (Wildman–Crippen MR) is 57.2 cm³/mol. The van der Waals surface area contributed by atoms with Crippen LogP contribution in [0.2, 0.25) is 0 Å². The van der Waals surface area contributed by atoms with E-state index in [4.69, 9.17) is 10.2 Å². The number of furan rings is 1. The third-order valence-electron chi connectivity index (χ3n) is 1.94. The van der Waals surface area contributed by atoms with Crippen molar-refractivity contribution in [3.05, 3.63) is 29.0 Å². The van der Waals surface area contributed by atoms with Gasteiger partial charge in [0, 0.05) is 11.4 Å². The lowest BCUT2D eigenvalue weighted by atomic mass is 10.3. The van der Waals surface area contributed by atoms with Crippen LogP contribution in [-0.4, -0.2) is 4.98 Å². The molecule has 0 saturated heterocycles. The molecule has 74 valence electrons. The van der Waals surface area contributed by atoms with Crippen molar-refractivity contribution < 1.29 is 4.42 Å². The van der Waals surface area contributed by atoms with Gasteiger partial charge in [-0.1, -0.05) is 0 Å². The highest BCUT2D eigenvalue weighted by Crippen LogP contribution is 2.26. The molecule has 0 aliphatic rings. The molecule has 14 heavy (non-hydrogen) atoms. The largest absolute Gasteiger partial charge is 0.459 e. The molecule has 2 heterocycles. The molecule has 2 aromatic rings. The van der Waals surface area contributed by atoms with E-state index in [1.54, 1.807) is 11.3 Å². The molecule has 0 aliphatic carbocycles. The lowest BCUT2D eigenvalue weighted by Crippen LogP contribution is -2.04. The molecule has 0 saturated carbocycles. The van der Waals surface area contributed by atoms with Gasteiger partial charge in [-0.15, -0.1) is 11.3 Å². The topological polar surface area (TPSA) is 52.0 Å². The van der Waals surface area contributed by atoms with Gasteiger partial charge in [0.15, 0.2) is 10.8 Å². The Labute approximate surface area is 86.6 Å². The summed E-state index contributed by atoms with van der Waals surface area (Å²) in [4.78, 5) is 4.39. The zero-order chi connectivity index (χ0) is 10.1. The van der Waals surface area contributed by atoms with Gasteiger partial charge in [0.25, 0.3) is 0 Å². The first kappa shape index (κ1) is 9.43. The minimum Gasteiger partial charge on any atom is -0.459 e. The second-order valence-electron chi connectivity index (χ2n) is 3.28. The normalized spacial score (nSPS) is 13.1. The fraction of sp³-hybridized carbons (Fsp3) is 0.300. The SMILES string of the molecule is Cc1ccc(-c2nc(C(C)N)cs2)o1. The van der Waals surface area contributed by atoms with Gasteiger partial charge in [0.1, 0.15) is 5.76 Å². The monoisotopic (exact) mass is 208 g/mol. The van der Waals surface area contributed by atoms with E-state index in [1.165, 1.54) is 0 Å². The molecule has 4 heteroatoms. The van der Waals surface area contributed by atoms with Crippen LogP contribution in [0.3, 0.4) is 0 Å². The van der Waals surface area contributed by atoms with E-state index >= 15 is 0 Å². The van der Waals surface area contributed by atoms with E-state index < -0.39 is 0 Å². The summed E-state index contributed by atoms with van der Waals surface area (Å²) in [6.45, 7) is 3.84. The van der Waals surface area contributed by atoms with Gasteiger partial charge in [-0.25, -0.2) is 4.98 Å². The Balaban J connectivity index is 2.33. The van der Waals surface area contributed by atoms with E-state index in [0.29, 0.717) is 0 Å². The number of aryl methyl sites for hydroxylation is 1. The van der Waals surface area contributed by atoms with Gasteiger partial charge in [0.05, 0.1) is 5.69 Å². The quantitative estimate of drug-likeness (QED) is 0.825. The fourth-order valence-electron chi connectivity index (χ4n) is 1.16. The van der Waals surface area contributed by atoms with Crippen molar-refractivity contribution in [3.63, 3.8) is 0 Å². The Morgan fingerprint density at radius 2 is 2.29 bits per heavy atom. The smallest absolute Gasteiger partial charge is 0.162 e. The summed E-state index contributed by atoms with van der Waals surface area (Å²) in [6, 6.07) is 3.84. The number of hydrogen-bond donors (Lipinski definition) is 1. The summed E-state index contributed by atoms with van der Waals surface area (Å²) in [6.07, 6.45) is 0. The van der Waals surface area contributed by atoms with Crippen molar-refractivity contribution in [2.24, 2.45) is 5.73 Å². The molecule has 0 aliphatic heterocycles. The van der Waals surface area contributed by atoms with E-state index in [1.807, 2.05) is 31.4 Å². The number of nitrogens with two attached hydrogens (primary N) is 1. The predicted octanol–water partition coefficient (Wildman–Crippen LogP) is 2.73. The molecule has 0 amide bonds. The highest BCUT2D eigenvalue weighted by molar-refractivity contribution is 7.13. The third kappa shape index (κ3) is 1.71. The van der Waals surface area contributed by atoms with E-state index in [9.17, 15) is 0 Å². The molecule has 1 atom stereocenters. The molecule has 0 radical (unpaired) electrons. The number of aromatic nitrogens is 1. The number of hydrogen-bond acceptors (Lipinski definition) is 4. The van der Waals surface area contributed by atoms with Crippen LogP contribution in [0.15, 0.2) is 21.9 Å². The summed E-state index contributed by atoms with van der Waals surface area (Å²) >= 11 is 1.56. The Hall–Kier alpha value is -1.13. The molecule has 2 aromatic heterocycles. The average Bonchev–Trinajstić information content (AvgIpc) is 2.70. The van der Waals surface area contributed by atoms with Crippen LogP contribution in [0.1, 0.15) is 24.4 Å². The minimum absolute atomic E-state index is 0.0175. The van der Waals surface area contributed by atoms with Crippen molar-refractivity contribution in [1.29, 1.82) is 0 Å². The number of thiazole rings is 1. The Morgan fingerprint density at radius 1 is 1.50 bits per heavy atom. The van der Waals surface area contributed by atoms with Crippen LogP contribution < -0.4 is 5.73 Å². The minimum atomic E-state index is -0.0175. The van der Waals surface area contributed by atoms with Crippen LogP contribution in [0, 0.1) is 6.92 Å². The van der Waals surface area contributed by atoms with Crippen LogP contribution in [0.25, 0.3) is 10.8 Å². The van der Waals surface area contributed by atoms with Gasteiger partial charge in [-0.05, 0) is 26.0 Å². The van der Waals surface area contributed by atoms with Gasteiger partial charge >= 0.3 is 0 Å². The first-order chi connectivity index (χ1) is 6.66. The molecule has 1 unspecified atom stereocenters. The standard InChI is InChI=1S/C10H12N2OS/c1-6-3-4-9(13-6)10-12-8(5-14-10)7(2)11/h3-5,7H,11H2,1-2H3. The Kier molecular flexibility index (Phi) is 2.39. The van der Waals surface area contributed by atoms with Crippen LogP contribution in [0.4, 0.5) is 0 Å². The summed E-state index contributed by atoms with van der Waals surface area (Å²) in [5, 5.41) is 2.86. The highest BCUT2D eigenvalue weighted by atomic mass is 32.1. The van der Waals surface area contributed by atoms with Gasteiger partial charge in [-0.3, -0.25) is 0 Å². The van der Waals surface area contributed by atoms with Crippen molar-refractivity contribution in [2.75, 3.05) is 0 Å². The summed E-state index contributed by atoms with van der Waals surface area (Å²) in [5.74, 6) is 1.72. The van der Waals surface area contributed by atoms with Crippen molar-refractivity contribution in [3.8, 4) is 10.8 Å². The third-order valence-corrected chi connectivity index (χ3v) is 2.81. The molecular weight excluding hydrogens is 196 g/mol. The zero-order valence-corrected chi connectivity index (χ0v) is 8.97. The Morgan fingerprint density at radius 3 is 2.79 bits per heavy atom. The van der Waals surface area contributed by atoms with E-state index in [-0.39, 0.29) is 6.04 Å². The molecule has 2 N–H and O–H groups in total. The lowest BCUT2D eigenvalue weighted by molar-refractivity contribution is 0.547. The molecular formula is C10H12N2OS. The van der Waals surface area contributed by atoms with Crippen molar-refractivity contribution >= 4 is 11.3 Å². The molecule has 2 rings (SSSR count). The maximum atomic E-state index is 5.72. The van der Waals surface area contributed by atoms with Gasteiger partial charge in [0.2, 0.25) is 0 Å². The maximum Gasteiger partial charge on any atom is 0.162 e. The highest BCUT2D eigenvalue weighted by Gasteiger charge is 2.09.